The van der Waals surface area contributed by atoms with Crippen molar-refractivity contribution in [1.29, 1.82) is 0 Å². The van der Waals surface area contributed by atoms with Crippen LogP contribution in [0.4, 0.5) is 0 Å². The van der Waals surface area contributed by atoms with Gasteiger partial charge in [-0.1, -0.05) is 0 Å². The summed E-state index contributed by atoms with van der Waals surface area (Å²) in [6, 6.07) is 1.66. The number of hydrogen-bond donors (Lipinski definition) is 1. The Kier molecular flexibility index (Phi) is 4.42. The van der Waals surface area contributed by atoms with Crippen LogP contribution in [0.2, 0.25) is 0 Å². The van der Waals surface area contributed by atoms with E-state index in [1.165, 1.54) is 17.7 Å². The number of hydrogen-bond acceptors (Lipinski definition) is 4. The van der Waals surface area contributed by atoms with E-state index in [2.05, 4.69) is 10.4 Å². The van der Waals surface area contributed by atoms with Gasteiger partial charge in [0, 0.05) is 44.6 Å². The monoisotopic (exact) mass is 291 g/mol. The summed E-state index contributed by atoms with van der Waals surface area (Å²) in [6.07, 6.45) is 3.80. The molecule has 0 aliphatic heterocycles. The zero-order chi connectivity index (χ0) is 15.6. The molecule has 0 aliphatic rings. The molecule has 114 valence electrons. The number of rotatable bonds is 5. The third kappa shape index (κ3) is 3.49. The van der Waals surface area contributed by atoms with Crippen LogP contribution in [-0.4, -0.2) is 25.0 Å². The molecule has 7 heteroatoms. The molecular weight excluding hydrogens is 270 g/mol. The average Bonchev–Trinajstić information content (AvgIpc) is 2.84. The zero-order valence-electron chi connectivity index (χ0n) is 12.8. The third-order valence-electron chi connectivity index (χ3n) is 3.48. The Hall–Kier alpha value is -2.15. The summed E-state index contributed by atoms with van der Waals surface area (Å²) in [7, 11) is 3.14. The molecule has 0 saturated carbocycles. The summed E-state index contributed by atoms with van der Waals surface area (Å²) < 4.78 is 4.45. The molecule has 0 saturated heterocycles. The summed E-state index contributed by atoms with van der Waals surface area (Å²) in [4.78, 5) is 23.5. The van der Waals surface area contributed by atoms with Crippen LogP contribution in [-0.2, 0) is 27.2 Å². The highest BCUT2D eigenvalue weighted by molar-refractivity contribution is 5.02. The Morgan fingerprint density at radius 2 is 2.00 bits per heavy atom. The van der Waals surface area contributed by atoms with E-state index in [4.69, 9.17) is 0 Å². The summed E-state index contributed by atoms with van der Waals surface area (Å²) >= 11 is 0. The van der Waals surface area contributed by atoms with Gasteiger partial charge in [-0.2, -0.15) is 5.10 Å². The van der Waals surface area contributed by atoms with Crippen molar-refractivity contribution in [2.45, 2.75) is 33.0 Å². The van der Waals surface area contributed by atoms with Gasteiger partial charge in [-0.25, -0.2) is 4.79 Å². The van der Waals surface area contributed by atoms with Crippen LogP contribution in [0.1, 0.15) is 18.2 Å². The van der Waals surface area contributed by atoms with Crippen molar-refractivity contribution in [3.8, 4) is 0 Å². The van der Waals surface area contributed by atoms with E-state index in [1.807, 2.05) is 30.9 Å². The van der Waals surface area contributed by atoms with Crippen molar-refractivity contribution >= 4 is 0 Å². The lowest BCUT2D eigenvalue weighted by molar-refractivity contribution is 0.442. The Balaban J connectivity index is 2.03. The maximum atomic E-state index is 11.8. The predicted molar refractivity (Wildman–Crippen MR) is 80.2 cm³/mol. The van der Waals surface area contributed by atoms with Gasteiger partial charge in [0.2, 0.25) is 0 Å². The van der Waals surface area contributed by atoms with Gasteiger partial charge in [0.25, 0.3) is 5.56 Å². The van der Waals surface area contributed by atoms with E-state index in [1.54, 1.807) is 7.05 Å². The first-order valence-electron chi connectivity index (χ1n) is 6.87. The minimum absolute atomic E-state index is 0.170. The zero-order valence-corrected chi connectivity index (χ0v) is 12.8. The van der Waals surface area contributed by atoms with Gasteiger partial charge in [0.05, 0.1) is 12.7 Å². The van der Waals surface area contributed by atoms with Gasteiger partial charge in [-0.3, -0.25) is 18.6 Å². The molecule has 0 spiro atoms. The van der Waals surface area contributed by atoms with E-state index in [0.29, 0.717) is 12.2 Å². The summed E-state index contributed by atoms with van der Waals surface area (Å²) in [5, 5.41) is 7.54. The fourth-order valence-electron chi connectivity index (χ4n) is 2.14. The quantitative estimate of drug-likeness (QED) is 0.825. The van der Waals surface area contributed by atoms with E-state index < -0.39 is 0 Å². The molecule has 1 N–H and O–H groups in total. The topological polar surface area (TPSA) is 73.8 Å². The maximum absolute atomic E-state index is 11.8. The molecule has 1 atom stereocenters. The Bertz CT molecular complexity index is 741. The Labute approximate surface area is 122 Å². The largest absolute Gasteiger partial charge is 0.330 e. The van der Waals surface area contributed by atoms with E-state index in [0.717, 1.165) is 16.7 Å². The van der Waals surface area contributed by atoms with Crippen molar-refractivity contribution < 1.29 is 0 Å². The fraction of sp³-hybridized carbons (Fsp3) is 0.500. The van der Waals surface area contributed by atoms with Crippen molar-refractivity contribution in [1.82, 2.24) is 24.2 Å². The second-order valence-corrected chi connectivity index (χ2v) is 5.40. The predicted octanol–water partition coefficient (Wildman–Crippen LogP) is -0.233. The van der Waals surface area contributed by atoms with Crippen LogP contribution in [0.5, 0.6) is 0 Å². The molecule has 0 amide bonds. The molecule has 0 bridgehead atoms. The molecule has 2 rings (SSSR count). The molecule has 21 heavy (non-hydrogen) atoms. The van der Waals surface area contributed by atoms with Crippen molar-refractivity contribution in [3.63, 3.8) is 0 Å². The lowest BCUT2D eigenvalue weighted by atomic mass is 10.3. The van der Waals surface area contributed by atoms with Crippen LogP contribution in [0.15, 0.2) is 28.0 Å². The SMILES string of the molecule is Cc1cnn(CC(C)NCc2cc(=O)n(C)c(=O)n2C)c1. The minimum atomic E-state index is -0.311. The number of nitrogens with zero attached hydrogens (tertiary/aromatic N) is 4. The highest BCUT2D eigenvalue weighted by atomic mass is 16.2. The average molecular weight is 291 g/mol. The van der Waals surface area contributed by atoms with Gasteiger partial charge in [0.15, 0.2) is 0 Å². The lowest BCUT2D eigenvalue weighted by Crippen LogP contribution is -2.40. The first-order valence-corrected chi connectivity index (χ1v) is 6.87. The molecular formula is C14H21N5O2. The molecule has 2 heterocycles. The standard InChI is InChI=1S/C14H21N5O2/c1-10-6-16-19(8-10)9-11(2)15-7-12-5-13(20)18(4)14(21)17(12)3/h5-6,8,11,15H,7,9H2,1-4H3. The fourth-order valence-corrected chi connectivity index (χ4v) is 2.14. The number of aryl methyl sites for hydroxylation is 1. The first-order chi connectivity index (χ1) is 9.88. The summed E-state index contributed by atoms with van der Waals surface area (Å²) in [5.74, 6) is 0. The van der Waals surface area contributed by atoms with Crippen molar-refractivity contribution in [2.75, 3.05) is 0 Å². The van der Waals surface area contributed by atoms with Crippen LogP contribution < -0.4 is 16.6 Å². The smallest absolute Gasteiger partial charge is 0.307 e. The molecule has 0 fully saturated rings. The summed E-state index contributed by atoms with van der Waals surface area (Å²) in [5.41, 5.74) is 1.20. The van der Waals surface area contributed by atoms with E-state index >= 15 is 0 Å². The normalized spacial score (nSPS) is 12.6. The minimum Gasteiger partial charge on any atom is -0.307 e. The number of nitrogens with one attached hydrogen (secondary N) is 1. The van der Waals surface area contributed by atoms with Gasteiger partial charge < -0.3 is 5.32 Å². The molecule has 0 aliphatic carbocycles. The van der Waals surface area contributed by atoms with E-state index in [9.17, 15) is 9.59 Å². The van der Waals surface area contributed by atoms with Gasteiger partial charge in [0.1, 0.15) is 0 Å². The molecule has 0 radical (unpaired) electrons. The van der Waals surface area contributed by atoms with Crippen molar-refractivity contribution in [2.24, 2.45) is 14.1 Å². The Morgan fingerprint density at radius 3 is 2.62 bits per heavy atom. The van der Waals surface area contributed by atoms with Crippen LogP contribution in [0, 0.1) is 6.92 Å². The molecule has 2 aromatic rings. The highest BCUT2D eigenvalue weighted by Gasteiger charge is 2.08. The van der Waals surface area contributed by atoms with Crippen LogP contribution >= 0.6 is 0 Å². The summed E-state index contributed by atoms with van der Waals surface area (Å²) in [6.45, 7) is 5.23. The molecule has 2 aromatic heterocycles. The van der Waals surface area contributed by atoms with Crippen LogP contribution in [0.3, 0.4) is 0 Å². The Morgan fingerprint density at radius 1 is 1.29 bits per heavy atom. The van der Waals surface area contributed by atoms with Crippen LogP contribution in [0.25, 0.3) is 0 Å². The van der Waals surface area contributed by atoms with Gasteiger partial charge in [-0.05, 0) is 19.4 Å². The second-order valence-electron chi connectivity index (χ2n) is 5.40. The molecule has 1 unspecified atom stereocenters. The first kappa shape index (κ1) is 15.2. The molecule has 7 nitrogen and oxygen atoms in total. The highest BCUT2D eigenvalue weighted by Crippen LogP contribution is 1.98. The van der Waals surface area contributed by atoms with E-state index in [-0.39, 0.29) is 17.3 Å². The van der Waals surface area contributed by atoms with Gasteiger partial charge in [-0.15, -0.1) is 0 Å². The third-order valence-corrected chi connectivity index (χ3v) is 3.48. The molecule has 0 aromatic carbocycles. The van der Waals surface area contributed by atoms with Gasteiger partial charge >= 0.3 is 5.69 Å². The number of aromatic nitrogens is 4. The second kappa shape index (κ2) is 6.09. The lowest BCUT2D eigenvalue weighted by Gasteiger charge is -2.15. The van der Waals surface area contributed by atoms with Crippen molar-refractivity contribution in [3.05, 3.63) is 50.6 Å². The maximum Gasteiger partial charge on any atom is 0.330 e.